The quantitative estimate of drug-likeness (QED) is 0.298. The molecule has 2 amide bonds. The number of hydrogen-bond acceptors (Lipinski definition) is 7. The summed E-state index contributed by atoms with van der Waals surface area (Å²) in [4.78, 5) is 54.5. The minimum Gasteiger partial charge on any atom is -0.491 e. The number of hydrogen-bond donors (Lipinski definition) is 3. The maximum atomic E-state index is 14.3. The van der Waals surface area contributed by atoms with Crippen LogP contribution in [0.15, 0.2) is 33.9 Å². The second-order valence-electron chi connectivity index (χ2n) is 12.4. The van der Waals surface area contributed by atoms with E-state index in [9.17, 15) is 24.3 Å². The van der Waals surface area contributed by atoms with Crippen molar-refractivity contribution in [2.45, 2.75) is 104 Å². The van der Waals surface area contributed by atoms with Crippen LogP contribution in [-0.2, 0) is 16.9 Å². The fourth-order valence-corrected chi connectivity index (χ4v) is 7.27. The van der Waals surface area contributed by atoms with E-state index in [1.165, 1.54) is 18.4 Å². The van der Waals surface area contributed by atoms with Gasteiger partial charge in [-0.1, -0.05) is 18.2 Å². The summed E-state index contributed by atoms with van der Waals surface area (Å²) >= 11 is 1.11. The van der Waals surface area contributed by atoms with Gasteiger partial charge in [-0.15, -0.1) is 11.3 Å². The molecule has 1 saturated carbocycles. The molecule has 0 radical (unpaired) electrons. The first-order valence-corrected chi connectivity index (χ1v) is 15.9. The van der Waals surface area contributed by atoms with Crippen molar-refractivity contribution in [2.24, 2.45) is 11.7 Å². The van der Waals surface area contributed by atoms with E-state index in [-0.39, 0.29) is 36.0 Å². The van der Waals surface area contributed by atoms with Crippen LogP contribution in [-0.4, -0.2) is 44.8 Å². The number of carbonyl (C=O) groups excluding carboxylic acids is 2. The number of para-hydroxylation sites is 1. The highest BCUT2D eigenvalue weighted by molar-refractivity contribution is 7.20. The molecule has 1 fully saturated rings. The predicted molar refractivity (Wildman–Crippen MR) is 169 cm³/mol. The van der Waals surface area contributed by atoms with Gasteiger partial charge in [-0.25, -0.2) is 9.36 Å². The normalized spacial score (nSPS) is 18.1. The van der Waals surface area contributed by atoms with Crippen molar-refractivity contribution >= 4 is 33.4 Å². The van der Waals surface area contributed by atoms with Crippen LogP contribution in [0.2, 0.25) is 0 Å². The summed E-state index contributed by atoms with van der Waals surface area (Å²) in [7, 11) is 0. The minimum absolute atomic E-state index is 0.0705. The predicted octanol–water partition coefficient (Wildman–Crippen LogP) is 4.02. The summed E-state index contributed by atoms with van der Waals surface area (Å²) in [6.07, 6.45) is 3.54. The number of primary amides is 1. The number of nitrogens with two attached hydrogens (primary N) is 1. The molecular formula is C32H44N4O6S. The number of thiophene rings is 1. The van der Waals surface area contributed by atoms with Crippen molar-refractivity contribution in [3.8, 4) is 5.75 Å². The number of nitrogens with one attached hydrogen (secondary N) is 1. The molecule has 11 heteroatoms. The number of aromatic nitrogens is 2. The molecule has 4 rings (SSSR count). The van der Waals surface area contributed by atoms with Gasteiger partial charge < -0.3 is 20.9 Å². The Morgan fingerprint density at radius 3 is 2.42 bits per heavy atom. The van der Waals surface area contributed by atoms with Gasteiger partial charge in [0.15, 0.2) is 0 Å². The third-order valence-corrected chi connectivity index (χ3v) is 9.79. The number of carbonyl (C=O) groups is 2. The van der Waals surface area contributed by atoms with E-state index in [2.05, 4.69) is 5.32 Å². The van der Waals surface area contributed by atoms with Crippen molar-refractivity contribution in [2.75, 3.05) is 6.54 Å². The highest BCUT2D eigenvalue weighted by Gasteiger charge is 2.35. The Morgan fingerprint density at radius 2 is 1.81 bits per heavy atom. The summed E-state index contributed by atoms with van der Waals surface area (Å²) in [6, 6.07) is 7.78. The summed E-state index contributed by atoms with van der Waals surface area (Å²) in [5.74, 6) is -0.306. The van der Waals surface area contributed by atoms with Gasteiger partial charge in [-0.3, -0.25) is 19.0 Å². The third-order valence-electron chi connectivity index (χ3n) is 8.48. The molecule has 4 N–H and O–H groups in total. The second-order valence-corrected chi connectivity index (χ2v) is 13.4. The highest BCUT2D eigenvalue weighted by Crippen LogP contribution is 2.39. The van der Waals surface area contributed by atoms with E-state index in [0.717, 1.165) is 59.3 Å². The van der Waals surface area contributed by atoms with Crippen molar-refractivity contribution in [1.82, 2.24) is 14.5 Å². The van der Waals surface area contributed by atoms with Crippen molar-refractivity contribution in [3.63, 3.8) is 0 Å². The molecule has 2 heterocycles. The molecule has 1 aliphatic rings. The minimum atomic E-state index is -1.61. The zero-order chi connectivity index (χ0) is 31.6. The molecule has 2 aromatic heterocycles. The summed E-state index contributed by atoms with van der Waals surface area (Å²) in [6.45, 7) is 10.9. The fourth-order valence-electron chi connectivity index (χ4n) is 6.05. The van der Waals surface area contributed by atoms with Crippen LogP contribution in [0.25, 0.3) is 10.2 Å². The average molecular weight is 613 g/mol. The summed E-state index contributed by atoms with van der Waals surface area (Å²) in [5, 5.41) is 13.2. The first-order chi connectivity index (χ1) is 20.3. The molecule has 1 aromatic carbocycles. The summed E-state index contributed by atoms with van der Waals surface area (Å²) < 4.78 is 8.68. The molecule has 0 spiro atoms. The highest BCUT2D eigenvalue weighted by atomic mass is 32.1. The number of aliphatic hydroxyl groups excluding tert-OH is 1. The molecule has 1 aliphatic carbocycles. The number of fused-ring (bicyclic) bond motifs is 1. The van der Waals surface area contributed by atoms with Crippen LogP contribution in [0.3, 0.4) is 0 Å². The van der Waals surface area contributed by atoms with E-state index in [0.29, 0.717) is 27.7 Å². The number of aliphatic hydroxyl groups is 1. The Morgan fingerprint density at radius 1 is 1.16 bits per heavy atom. The summed E-state index contributed by atoms with van der Waals surface area (Å²) in [5.41, 5.74) is 4.19. The first kappa shape index (κ1) is 32.5. The third kappa shape index (κ3) is 6.57. The van der Waals surface area contributed by atoms with Crippen molar-refractivity contribution in [1.29, 1.82) is 0 Å². The number of ether oxygens (including phenoxy) is 1. The number of rotatable bonds is 11. The molecule has 0 aliphatic heterocycles. The van der Waals surface area contributed by atoms with E-state index in [4.69, 9.17) is 10.5 Å². The van der Waals surface area contributed by atoms with Gasteiger partial charge in [0.1, 0.15) is 16.1 Å². The number of nitrogens with zero attached hydrogens (tertiary/aromatic N) is 2. The Labute approximate surface area is 255 Å². The smallest absolute Gasteiger partial charge is 0.333 e. The van der Waals surface area contributed by atoms with Gasteiger partial charge in [0.25, 0.3) is 11.5 Å². The van der Waals surface area contributed by atoms with Crippen LogP contribution < -0.4 is 27.0 Å². The number of benzene rings is 1. The van der Waals surface area contributed by atoms with Crippen LogP contribution in [0.5, 0.6) is 5.75 Å². The van der Waals surface area contributed by atoms with E-state index >= 15 is 0 Å². The monoisotopic (exact) mass is 612 g/mol. The Bertz CT molecular complexity index is 1610. The lowest BCUT2D eigenvalue weighted by molar-refractivity contribution is -0.125. The lowest BCUT2D eigenvalue weighted by atomic mass is 9.79. The van der Waals surface area contributed by atoms with Gasteiger partial charge in [0, 0.05) is 19.0 Å². The average Bonchev–Trinajstić information content (AvgIpc) is 3.29. The van der Waals surface area contributed by atoms with Gasteiger partial charge in [-0.05, 0) is 96.8 Å². The van der Waals surface area contributed by atoms with E-state index < -0.39 is 22.7 Å². The molecule has 1 atom stereocenters. The van der Waals surface area contributed by atoms with Crippen molar-refractivity contribution in [3.05, 3.63) is 61.1 Å². The largest absolute Gasteiger partial charge is 0.491 e. The van der Waals surface area contributed by atoms with Gasteiger partial charge in [0.05, 0.1) is 22.5 Å². The fraction of sp³-hybridized carbons (Fsp3) is 0.562. The molecule has 3 aromatic rings. The number of aryl methyl sites for hydroxylation is 1. The zero-order valence-corrected chi connectivity index (χ0v) is 26.8. The van der Waals surface area contributed by atoms with E-state index in [1.54, 1.807) is 6.92 Å². The van der Waals surface area contributed by atoms with Gasteiger partial charge in [-0.2, -0.15) is 0 Å². The SMILES string of the molecule is CCNC(=O)c1sc2c(c1C)c(=O)n(C(C)(C)C(N)=O)c(=O)n2C[C@H](C[C@H]1CC[C@H](O)CC1)c1ccccc1OC(C)C. The van der Waals surface area contributed by atoms with Crippen LogP contribution in [0, 0.1) is 12.8 Å². The topological polar surface area (TPSA) is 146 Å². The van der Waals surface area contributed by atoms with Crippen LogP contribution in [0.4, 0.5) is 0 Å². The van der Waals surface area contributed by atoms with Crippen LogP contribution in [0.1, 0.15) is 93.4 Å². The zero-order valence-electron chi connectivity index (χ0n) is 25.9. The van der Waals surface area contributed by atoms with Crippen LogP contribution >= 0.6 is 11.3 Å². The molecule has 0 bridgehead atoms. The Balaban J connectivity index is 1.98. The Hall–Kier alpha value is -3.44. The molecule has 0 saturated heterocycles. The van der Waals surface area contributed by atoms with Gasteiger partial charge in [0.2, 0.25) is 5.91 Å². The maximum absolute atomic E-state index is 14.3. The van der Waals surface area contributed by atoms with E-state index in [1.807, 2.05) is 45.0 Å². The molecule has 234 valence electrons. The lowest BCUT2D eigenvalue weighted by Gasteiger charge is -2.31. The molecule has 43 heavy (non-hydrogen) atoms. The lowest BCUT2D eigenvalue weighted by Crippen LogP contribution is -2.54. The standard InChI is InChI=1S/C32H44N4O6S/c1-7-34-27(38)26-19(4)25-28(39)36(32(5,6)30(33)40)31(41)35(29(25)43-26)17-21(16-20-12-14-22(37)15-13-20)23-10-8-9-11-24(23)42-18(2)3/h8-11,18,20-22,37H,7,12-17H2,1-6H3,(H2,33,40)(H,34,38)/t20-,21-,22-/m0/s1. The molecule has 0 unspecified atom stereocenters. The van der Waals surface area contributed by atoms with Gasteiger partial charge >= 0.3 is 5.69 Å². The second kappa shape index (κ2) is 13.1. The molecule has 10 nitrogen and oxygen atoms in total. The first-order valence-electron chi connectivity index (χ1n) is 15.1. The molecular weight excluding hydrogens is 568 g/mol. The number of amides is 2. The Kier molecular flexibility index (Phi) is 9.86. The van der Waals surface area contributed by atoms with Crippen molar-refractivity contribution < 1.29 is 19.4 Å². The maximum Gasteiger partial charge on any atom is 0.333 e.